The summed E-state index contributed by atoms with van der Waals surface area (Å²) in [5, 5.41) is 8.96. The van der Waals surface area contributed by atoms with Crippen LogP contribution in [0.3, 0.4) is 0 Å². The van der Waals surface area contributed by atoms with Gasteiger partial charge in [0.25, 0.3) is 5.91 Å². The van der Waals surface area contributed by atoms with Crippen LogP contribution in [0.2, 0.25) is 0 Å². The predicted molar refractivity (Wildman–Crippen MR) is 116 cm³/mol. The molecule has 0 saturated carbocycles. The first kappa shape index (κ1) is 24.0. The highest BCUT2D eigenvalue weighted by molar-refractivity contribution is 5.97. The van der Waals surface area contributed by atoms with Crippen LogP contribution in [-0.4, -0.2) is 68.0 Å². The minimum Gasteiger partial charge on any atom is -0.491 e. The van der Waals surface area contributed by atoms with E-state index >= 15 is 0 Å². The van der Waals surface area contributed by atoms with Gasteiger partial charge in [-0.05, 0) is 44.9 Å². The molecule has 0 bridgehead atoms. The lowest BCUT2D eigenvalue weighted by atomic mass is 10.1. The first-order valence-corrected chi connectivity index (χ1v) is 10.3. The average Bonchev–Trinajstić information content (AvgIpc) is 3.24. The number of rotatable bonds is 1. The quantitative estimate of drug-likeness (QED) is 0.607. The molecule has 3 amide bonds. The van der Waals surface area contributed by atoms with Crippen LogP contribution >= 0.6 is 12.4 Å². The zero-order valence-electron chi connectivity index (χ0n) is 17.4. The number of halogens is 1. The number of hydrogen-bond acceptors (Lipinski definition) is 5. The van der Waals surface area contributed by atoms with Crippen molar-refractivity contribution < 1.29 is 19.1 Å². The second-order valence-corrected chi connectivity index (χ2v) is 7.53. The van der Waals surface area contributed by atoms with Gasteiger partial charge in [0.2, 0.25) is 11.8 Å². The Balaban J connectivity index is 0.00000320. The highest BCUT2D eigenvalue weighted by Crippen LogP contribution is 2.20. The van der Waals surface area contributed by atoms with Crippen molar-refractivity contribution in [3.8, 4) is 5.75 Å². The molecule has 1 fully saturated rings. The average molecular weight is 439 g/mol. The normalized spacial score (nSPS) is 21.1. The van der Waals surface area contributed by atoms with Crippen LogP contribution in [-0.2, 0) is 9.59 Å². The molecule has 0 aromatic heterocycles. The summed E-state index contributed by atoms with van der Waals surface area (Å²) in [6.45, 7) is 4.66. The van der Waals surface area contributed by atoms with Gasteiger partial charge in [-0.15, -0.1) is 12.4 Å². The smallest absolute Gasteiger partial charge is 0.255 e. The molecular weight excluding hydrogens is 408 g/mol. The van der Waals surface area contributed by atoms with E-state index in [0.29, 0.717) is 50.3 Å². The highest BCUT2D eigenvalue weighted by Gasteiger charge is 2.27. The van der Waals surface area contributed by atoms with Gasteiger partial charge in [0.1, 0.15) is 12.4 Å². The molecule has 0 aliphatic carbocycles. The molecular formula is C21H31ClN4O4. The van der Waals surface area contributed by atoms with E-state index in [4.69, 9.17) is 4.74 Å². The maximum absolute atomic E-state index is 12.8. The first-order chi connectivity index (χ1) is 14.0. The van der Waals surface area contributed by atoms with E-state index in [1.807, 2.05) is 13.0 Å². The highest BCUT2D eigenvalue weighted by atomic mass is 35.5. The fourth-order valence-electron chi connectivity index (χ4n) is 3.66. The topological polar surface area (TPSA) is 99.8 Å². The van der Waals surface area contributed by atoms with E-state index in [9.17, 15) is 14.4 Å². The summed E-state index contributed by atoms with van der Waals surface area (Å²) >= 11 is 0. The second kappa shape index (κ2) is 11.8. The van der Waals surface area contributed by atoms with Crippen LogP contribution in [0.5, 0.6) is 5.75 Å². The Kier molecular flexibility index (Phi) is 9.39. The Morgan fingerprint density at radius 2 is 1.93 bits per heavy atom. The lowest BCUT2D eigenvalue weighted by Gasteiger charge is -2.26. The molecule has 3 N–H and O–H groups in total. The monoisotopic (exact) mass is 438 g/mol. The summed E-state index contributed by atoms with van der Waals surface area (Å²) in [5.74, 6) is 0.239. The van der Waals surface area contributed by atoms with Crippen LogP contribution in [0, 0.1) is 6.92 Å². The van der Waals surface area contributed by atoms with Crippen molar-refractivity contribution in [2.45, 2.75) is 38.6 Å². The largest absolute Gasteiger partial charge is 0.491 e. The predicted octanol–water partition coefficient (Wildman–Crippen LogP) is 1.02. The van der Waals surface area contributed by atoms with Crippen molar-refractivity contribution in [3.63, 3.8) is 0 Å². The summed E-state index contributed by atoms with van der Waals surface area (Å²) < 4.78 is 5.72. The fraction of sp³-hybridized carbons (Fsp3) is 0.571. The van der Waals surface area contributed by atoms with Gasteiger partial charge in [-0.25, -0.2) is 0 Å². The van der Waals surface area contributed by atoms with Crippen LogP contribution < -0.4 is 20.7 Å². The van der Waals surface area contributed by atoms with Gasteiger partial charge in [0.05, 0.1) is 18.2 Å². The van der Waals surface area contributed by atoms with Gasteiger partial charge in [0, 0.05) is 26.1 Å². The minimum absolute atomic E-state index is 0. The van der Waals surface area contributed by atoms with Crippen molar-refractivity contribution in [1.82, 2.24) is 20.9 Å². The SMILES string of the molecule is Cc1ccc2c(c1)C(=O)NCCN(C(=O)[C@@H]1CCCN1)CCCC(=O)NCCO2.Cl. The lowest BCUT2D eigenvalue weighted by molar-refractivity contribution is -0.133. The number of ether oxygens (including phenoxy) is 1. The van der Waals surface area contributed by atoms with Gasteiger partial charge in [0.15, 0.2) is 0 Å². The van der Waals surface area contributed by atoms with E-state index in [-0.39, 0.29) is 42.8 Å². The van der Waals surface area contributed by atoms with E-state index < -0.39 is 0 Å². The van der Waals surface area contributed by atoms with Gasteiger partial charge >= 0.3 is 0 Å². The Labute approximate surface area is 183 Å². The number of carbonyl (C=O) groups is 3. The summed E-state index contributed by atoms with van der Waals surface area (Å²) in [7, 11) is 0. The molecule has 0 spiro atoms. The molecule has 1 aromatic carbocycles. The molecule has 30 heavy (non-hydrogen) atoms. The maximum atomic E-state index is 12.8. The van der Waals surface area contributed by atoms with Crippen molar-refractivity contribution in [1.29, 1.82) is 0 Å². The lowest BCUT2D eigenvalue weighted by Crippen LogP contribution is -2.47. The zero-order valence-corrected chi connectivity index (χ0v) is 18.2. The van der Waals surface area contributed by atoms with Crippen LogP contribution in [0.4, 0.5) is 0 Å². The Morgan fingerprint density at radius 3 is 2.70 bits per heavy atom. The first-order valence-electron chi connectivity index (χ1n) is 10.3. The molecule has 2 aliphatic rings. The number of hydrogen-bond donors (Lipinski definition) is 3. The zero-order chi connectivity index (χ0) is 20.6. The molecule has 1 atom stereocenters. The van der Waals surface area contributed by atoms with E-state index in [1.165, 1.54) is 0 Å². The number of aryl methyl sites for hydroxylation is 1. The van der Waals surface area contributed by atoms with Crippen LogP contribution in [0.1, 0.15) is 41.6 Å². The third-order valence-corrected chi connectivity index (χ3v) is 5.23. The summed E-state index contributed by atoms with van der Waals surface area (Å²) in [5.41, 5.74) is 1.42. The number of amides is 3. The van der Waals surface area contributed by atoms with E-state index in [2.05, 4.69) is 16.0 Å². The number of carbonyl (C=O) groups excluding carboxylic acids is 3. The van der Waals surface area contributed by atoms with Gasteiger partial charge in [-0.1, -0.05) is 11.6 Å². The Morgan fingerprint density at radius 1 is 1.10 bits per heavy atom. The Hall–Kier alpha value is -2.32. The molecule has 9 heteroatoms. The molecule has 2 aliphatic heterocycles. The number of nitrogens with zero attached hydrogens (tertiary/aromatic N) is 1. The molecule has 166 valence electrons. The van der Waals surface area contributed by atoms with Gasteiger partial charge in [-0.2, -0.15) is 0 Å². The number of fused-ring (bicyclic) bond motifs is 1. The summed E-state index contributed by atoms with van der Waals surface area (Å²) in [4.78, 5) is 39.3. The summed E-state index contributed by atoms with van der Waals surface area (Å²) in [6, 6.07) is 5.27. The molecule has 3 rings (SSSR count). The molecule has 2 heterocycles. The molecule has 0 unspecified atom stereocenters. The third kappa shape index (κ3) is 6.60. The van der Waals surface area contributed by atoms with Crippen molar-refractivity contribution in [3.05, 3.63) is 29.3 Å². The minimum atomic E-state index is -0.228. The Bertz CT molecular complexity index is 753. The van der Waals surface area contributed by atoms with Gasteiger partial charge < -0.3 is 25.6 Å². The van der Waals surface area contributed by atoms with Gasteiger partial charge in [-0.3, -0.25) is 14.4 Å². The molecule has 8 nitrogen and oxygen atoms in total. The van der Waals surface area contributed by atoms with Crippen LogP contribution in [0.15, 0.2) is 18.2 Å². The standard InChI is InChI=1S/C21H30N4O4.ClH/c1-15-6-7-18-16(14-15)20(27)24-9-12-25(21(28)17-4-2-8-22-17)11-3-5-19(26)23-10-13-29-18;/h6-7,14,17,22H,2-5,8-13H2,1H3,(H,23,26)(H,24,27);1H/t17-;/m0./s1. The van der Waals surface area contributed by atoms with Crippen LogP contribution in [0.25, 0.3) is 0 Å². The van der Waals surface area contributed by atoms with Crippen molar-refractivity contribution >= 4 is 30.1 Å². The maximum Gasteiger partial charge on any atom is 0.255 e. The fourth-order valence-corrected chi connectivity index (χ4v) is 3.66. The molecule has 1 saturated heterocycles. The van der Waals surface area contributed by atoms with E-state index in [0.717, 1.165) is 24.9 Å². The second-order valence-electron chi connectivity index (χ2n) is 7.53. The summed E-state index contributed by atoms with van der Waals surface area (Å²) in [6.07, 6.45) is 2.74. The number of nitrogens with one attached hydrogen (secondary N) is 3. The van der Waals surface area contributed by atoms with Crippen molar-refractivity contribution in [2.75, 3.05) is 39.3 Å². The van der Waals surface area contributed by atoms with E-state index in [1.54, 1.807) is 17.0 Å². The molecule has 1 aromatic rings. The number of benzene rings is 1. The molecule has 0 radical (unpaired) electrons. The third-order valence-electron chi connectivity index (χ3n) is 5.23. The van der Waals surface area contributed by atoms with Crippen molar-refractivity contribution in [2.24, 2.45) is 0 Å².